The molecule has 7 nitrogen and oxygen atoms in total. The van der Waals surface area contributed by atoms with Crippen LogP contribution in [0.1, 0.15) is 49.1 Å². The maximum atomic E-state index is 12.2. The zero-order chi connectivity index (χ0) is 23.9. The van der Waals surface area contributed by atoms with Crippen LogP contribution in [0.15, 0.2) is 60.7 Å². The Hall–Kier alpha value is -3.61. The molecule has 34 heavy (non-hydrogen) atoms. The minimum atomic E-state index is -0.918. The van der Waals surface area contributed by atoms with E-state index in [1.165, 1.54) is 23.3 Å². The SMILES string of the molecule is O=C(O)CC(NC(=O)/C=C/CNC(=O)OCC1c2ccccc2-c2ccccc21)C1CCCC1. The number of aliphatic carboxylic acids is 1. The average Bonchev–Trinajstić information content (AvgIpc) is 3.47. The summed E-state index contributed by atoms with van der Waals surface area (Å²) in [5.41, 5.74) is 4.62. The van der Waals surface area contributed by atoms with Gasteiger partial charge < -0.3 is 20.5 Å². The Labute approximate surface area is 199 Å². The summed E-state index contributed by atoms with van der Waals surface area (Å²) >= 11 is 0. The Balaban J connectivity index is 1.24. The van der Waals surface area contributed by atoms with Crippen molar-refractivity contribution in [2.45, 2.75) is 44.1 Å². The van der Waals surface area contributed by atoms with Crippen molar-refractivity contribution in [3.8, 4) is 11.1 Å². The third-order valence-corrected chi connectivity index (χ3v) is 6.67. The van der Waals surface area contributed by atoms with Crippen LogP contribution in [0.25, 0.3) is 11.1 Å². The van der Waals surface area contributed by atoms with Gasteiger partial charge in [0.15, 0.2) is 0 Å². The Morgan fingerprint density at radius 1 is 1.00 bits per heavy atom. The third-order valence-electron chi connectivity index (χ3n) is 6.67. The molecule has 2 aromatic rings. The van der Waals surface area contributed by atoms with Crippen LogP contribution in [-0.4, -0.2) is 42.3 Å². The van der Waals surface area contributed by atoms with Crippen molar-refractivity contribution in [3.63, 3.8) is 0 Å². The molecular formula is C27H30N2O5. The molecule has 0 bridgehead atoms. The molecule has 2 aromatic carbocycles. The molecule has 1 fully saturated rings. The highest BCUT2D eigenvalue weighted by molar-refractivity contribution is 5.88. The van der Waals surface area contributed by atoms with Gasteiger partial charge in [-0.15, -0.1) is 0 Å². The molecule has 0 saturated heterocycles. The van der Waals surface area contributed by atoms with Crippen molar-refractivity contribution in [1.82, 2.24) is 10.6 Å². The van der Waals surface area contributed by atoms with Crippen molar-refractivity contribution in [3.05, 3.63) is 71.8 Å². The van der Waals surface area contributed by atoms with Crippen LogP contribution in [0.4, 0.5) is 4.79 Å². The van der Waals surface area contributed by atoms with Gasteiger partial charge >= 0.3 is 12.1 Å². The summed E-state index contributed by atoms with van der Waals surface area (Å²) in [6.07, 6.45) is 6.23. The smallest absolute Gasteiger partial charge is 0.407 e. The molecule has 2 aliphatic rings. The van der Waals surface area contributed by atoms with Crippen LogP contribution < -0.4 is 10.6 Å². The van der Waals surface area contributed by atoms with E-state index in [-0.39, 0.29) is 43.4 Å². The van der Waals surface area contributed by atoms with E-state index in [4.69, 9.17) is 9.84 Å². The Morgan fingerprint density at radius 2 is 1.62 bits per heavy atom. The number of fused-ring (bicyclic) bond motifs is 3. The molecule has 178 valence electrons. The van der Waals surface area contributed by atoms with Gasteiger partial charge in [0.1, 0.15) is 6.61 Å². The van der Waals surface area contributed by atoms with Crippen LogP contribution in [0, 0.1) is 5.92 Å². The van der Waals surface area contributed by atoms with E-state index in [0.29, 0.717) is 0 Å². The van der Waals surface area contributed by atoms with Crippen molar-refractivity contribution in [1.29, 1.82) is 0 Å². The van der Waals surface area contributed by atoms with E-state index in [1.54, 1.807) is 0 Å². The second-order valence-corrected chi connectivity index (χ2v) is 8.87. The number of carbonyl (C=O) groups is 3. The van der Waals surface area contributed by atoms with Gasteiger partial charge in [-0.05, 0) is 41.0 Å². The fraction of sp³-hybridized carbons (Fsp3) is 0.370. The zero-order valence-electron chi connectivity index (χ0n) is 19.0. The molecule has 3 N–H and O–H groups in total. The molecule has 7 heteroatoms. The van der Waals surface area contributed by atoms with Gasteiger partial charge in [-0.2, -0.15) is 0 Å². The largest absolute Gasteiger partial charge is 0.481 e. The predicted octanol–water partition coefficient (Wildman–Crippen LogP) is 4.23. The molecule has 0 aliphatic heterocycles. The van der Waals surface area contributed by atoms with Crippen molar-refractivity contribution >= 4 is 18.0 Å². The highest BCUT2D eigenvalue weighted by Crippen LogP contribution is 2.44. The van der Waals surface area contributed by atoms with Gasteiger partial charge in [-0.3, -0.25) is 9.59 Å². The predicted molar refractivity (Wildman–Crippen MR) is 128 cm³/mol. The van der Waals surface area contributed by atoms with Crippen molar-refractivity contribution in [2.24, 2.45) is 5.92 Å². The van der Waals surface area contributed by atoms with Gasteiger partial charge in [0.05, 0.1) is 6.42 Å². The monoisotopic (exact) mass is 462 g/mol. The van der Waals surface area contributed by atoms with E-state index in [9.17, 15) is 14.4 Å². The third kappa shape index (κ3) is 5.65. The molecule has 4 rings (SSSR count). The Bertz CT molecular complexity index is 1030. The molecule has 1 atom stereocenters. The van der Waals surface area contributed by atoms with Gasteiger partial charge in [0.25, 0.3) is 0 Å². The Morgan fingerprint density at radius 3 is 2.24 bits per heavy atom. The van der Waals surface area contributed by atoms with Crippen LogP contribution in [-0.2, 0) is 14.3 Å². The number of hydrogen-bond acceptors (Lipinski definition) is 4. The first-order valence-electron chi connectivity index (χ1n) is 11.8. The first-order chi connectivity index (χ1) is 16.5. The molecule has 1 saturated carbocycles. The van der Waals surface area contributed by atoms with Gasteiger partial charge in [0.2, 0.25) is 5.91 Å². The summed E-state index contributed by atoms with van der Waals surface area (Å²) in [5, 5.41) is 14.6. The number of hydrogen-bond donors (Lipinski definition) is 3. The number of carboxylic acid groups (broad SMARTS) is 1. The van der Waals surface area contributed by atoms with Crippen molar-refractivity contribution < 1.29 is 24.2 Å². The standard InChI is InChI=1S/C27H30N2O5/c30-25(29-24(16-26(31)32)18-8-1-2-9-18)14-7-15-28-27(33)34-17-23-21-12-5-3-10-19(21)20-11-4-6-13-22(20)23/h3-7,10-14,18,23-24H,1-2,8-9,15-17H2,(H,28,33)(H,29,30)(H,31,32)/b14-7+. The lowest BCUT2D eigenvalue weighted by molar-refractivity contribution is -0.138. The van der Waals surface area contributed by atoms with Crippen LogP contribution >= 0.6 is 0 Å². The van der Waals surface area contributed by atoms with E-state index >= 15 is 0 Å². The number of nitrogens with one attached hydrogen (secondary N) is 2. The minimum absolute atomic E-state index is 0.0128. The number of rotatable bonds is 9. The Kier molecular flexibility index (Phi) is 7.62. The van der Waals surface area contributed by atoms with Gasteiger partial charge in [0, 0.05) is 24.6 Å². The fourth-order valence-electron chi connectivity index (χ4n) is 5.07. The molecule has 0 radical (unpaired) electrons. The van der Waals surface area contributed by atoms with E-state index < -0.39 is 12.1 Å². The molecule has 0 aromatic heterocycles. The lowest BCUT2D eigenvalue weighted by atomic mass is 9.95. The van der Waals surface area contributed by atoms with E-state index in [0.717, 1.165) is 36.8 Å². The van der Waals surface area contributed by atoms with Crippen LogP contribution in [0.5, 0.6) is 0 Å². The maximum Gasteiger partial charge on any atom is 0.407 e. The summed E-state index contributed by atoms with van der Waals surface area (Å²) in [7, 11) is 0. The highest BCUT2D eigenvalue weighted by atomic mass is 16.5. The van der Waals surface area contributed by atoms with E-state index in [2.05, 4.69) is 34.9 Å². The first-order valence-corrected chi connectivity index (χ1v) is 11.8. The minimum Gasteiger partial charge on any atom is -0.481 e. The molecule has 0 spiro atoms. The van der Waals surface area contributed by atoms with E-state index in [1.807, 2.05) is 24.3 Å². The quantitative estimate of drug-likeness (QED) is 0.484. The summed E-state index contributed by atoms with van der Waals surface area (Å²) in [5.74, 6) is -1.08. The topological polar surface area (TPSA) is 105 Å². The summed E-state index contributed by atoms with van der Waals surface area (Å²) in [6, 6.07) is 15.9. The number of benzene rings is 2. The fourth-order valence-corrected chi connectivity index (χ4v) is 5.07. The summed E-state index contributed by atoms with van der Waals surface area (Å²) < 4.78 is 5.47. The second kappa shape index (κ2) is 11.0. The van der Waals surface area contributed by atoms with Crippen LogP contribution in [0.3, 0.4) is 0 Å². The molecular weight excluding hydrogens is 432 g/mol. The number of alkyl carbamates (subject to hydrolysis) is 1. The second-order valence-electron chi connectivity index (χ2n) is 8.87. The molecule has 0 heterocycles. The number of carbonyl (C=O) groups excluding carboxylic acids is 2. The maximum absolute atomic E-state index is 12.2. The molecule has 2 aliphatic carbocycles. The zero-order valence-corrected chi connectivity index (χ0v) is 19.0. The van der Waals surface area contributed by atoms with Crippen molar-refractivity contribution in [2.75, 3.05) is 13.2 Å². The lowest BCUT2D eigenvalue weighted by Crippen LogP contribution is -2.40. The number of amides is 2. The highest BCUT2D eigenvalue weighted by Gasteiger charge is 2.29. The lowest BCUT2D eigenvalue weighted by Gasteiger charge is -2.22. The molecule has 1 unspecified atom stereocenters. The first kappa shape index (κ1) is 23.5. The summed E-state index contributed by atoms with van der Waals surface area (Å²) in [4.78, 5) is 35.6. The number of carboxylic acids is 1. The van der Waals surface area contributed by atoms with Gasteiger partial charge in [-0.1, -0.05) is 67.4 Å². The summed E-state index contributed by atoms with van der Waals surface area (Å²) in [6.45, 7) is 0.361. The normalized spacial score (nSPS) is 16.1. The number of ether oxygens (including phenoxy) is 1. The average molecular weight is 463 g/mol. The van der Waals surface area contributed by atoms with Gasteiger partial charge in [-0.25, -0.2) is 4.79 Å². The molecule has 2 amide bonds. The van der Waals surface area contributed by atoms with Crippen LogP contribution in [0.2, 0.25) is 0 Å².